The van der Waals surface area contributed by atoms with Crippen LogP contribution in [0.25, 0.3) is 0 Å². The van der Waals surface area contributed by atoms with E-state index in [1.54, 1.807) is 6.92 Å². The lowest BCUT2D eigenvalue weighted by atomic mass is 10.1. The maximum atomic E-state index is 12.8. The summed E-state index contributed by atoms with van der Waals surface area (Å²) in [7, 11) is -3.26. The van der Waals surface area contributed by atoms with Crippen LogP contribution in [-0.4, -0.2) is 55.9 Å². The molecule has 2 fully saturated rings. The fraction of sp³-hybridized carbons (Fsp3) is 0.650. The number of nitrogens with zero attached hydrogens (tertiary/aromatic N) is 2. The van der Waals surface area contributed by atoms with Gasteiger partial charge in [-0.3, -0.25) is 4.79 Å². The highest BCUT2D eigenvalue weighted by Crippen LogP contribution is 2.33. The molecule has 8 nitrogen and oxygen atoms in total. The van der Waals surface area contributed by atoms with Crippen molar-refractivity contribution in [1.29, 1.82) is 0 Å². The molecule has 2 aliphatic rings. The lowest BCUT2D eigenvalue weighted by Gasteiger charge is -2.24. The van der Waals surface area contributed by atoms with E-state index in [4.69, 9.17) is 9.47 Å². The number of hydrogen-bond acceptors (Lipinski definition) is 7. The van der Waals surface area contributed by atoms with Gasteiger partial charge < -0.3 is 14.8 Å². The molecule has 1 aromatic heterocycles. The van der Waals surface area contributed by atoms with Gasteiger partial charge in [-0.1, -0.05) is 18.9 Å². The van der Waals surface area contributed by atoms with Crippen molar-refractivity contribution >= 4 is 15.7 Å². The molecule has 0 bridgehead atoms. The monoisotopic (exact) mass is 423 g/mol. The van der Waals surface area contributed by atoms with E-state index >= 15 is 0 Å². The average Bonchev–Trinajstić information content (AvgIpc) is 3.21. The highest BCUT2D eigenvalue weighted by molar-refractivity contribution is 7.93. The van der Waals surface area contributed by atoms with Crippen LogP contribution >= 0.6 is 0 Å². The van der Waals surface area contributed by atoms with E-state index in [1.807, 2.05) is 0 Å². The Balaban J connectivity index is 1.79. The van der Waals surface area contributed by atoms with Crippen LogP contribution in [0.1, 0.15) is 67.5 Å². The maximum absolute atomic E-state index is 12.8. The molecule has 0 aromatic carbocycles. The predicted octanol–water partition coefficient (Wildman–Crippen LogP) is 2.37. The van der Waals surface area contributed by atoms with Crippen LogP contribution in [0.5, 0.6) is 5.88 Å². The zero-order chi connectivity index (χ0) is 20.9. The van der Waals surface area contributed by atoms with E-state index in [9.17, 15) is 13.2 Å². The first-order valence-electron chi connectivity index (χ1n) is 10.1. The van der Waals surface area contributed by atoms with Crippen molar-refractivity contribution in [2.45, 2.75) is 63.5 Å². The normalized spacial score (nSPS) is 20.1. The lowest BCUT2D eigenvalue weighted by molar-refractivity contribution is 0.0231. The molecule has 9 heteroatoms. The molecule has 0 spiro atoms. The Bertz CT molecular complexity index is 844. The predicted molar refractivity (Wildman–Crippen MR) is 109 cm³/mol. The number of aromatic nitrogens is 2. The molecule has 160 valence electrons. The Kier molecular flexibility index (Phi) is 7.23. The molecule has 1 aliphatic carbocycles. The second kappa shape index (κ2) is 9.67. The van der Waals surface area contributed by atoms with Crippen LogP contribution in [0.4, 0.5) is 0 Å². The number of carbonyl (C=O) groups excluding carboxylic acids is 1. The van der Waals surface area contributed by atoms with E-state index < -0.39 is 21.8 Å². The summed E-state index contributed by atoms with van der Waals surface area (Å²) < 4.78 is 34.0. The van der Waals surface area contributed by atoms with E-state index in [-0.39, 0.29) is 11.7 Å². The standard InChI is InChI=1S/C20H29N3O5S/c1-14(9-12-29(2,25)26)22-19(24)17-13-21-18(15-5-3-4-6-15)23-20(17)28-16-7-10-27-11-8-16/h9,12-16H,3-8,10-11H2,1-2H3,(H,22,24)/b12-9+. The molecule has 1 atom stereocenters. The minimum atomic E-state index is -3.26. The van der Waals surface area contributed by atoms with Crippen molar-refractivity contribution in [3.63, 3.8) is 0 Å². The van der Waals surface area contributed by atoms with E-state index in [1.165, 1.54) is 12.3 Å². The number of nitrogens with one attached hydrogen (secondary N) is 1. The van der Waals surface area contributed by atoms with E-state index in [0.717, 1.165) is 56.0 Å². The van der Waals surface area contributed by atoms with E-state index in [0.29, 0.717) is 25.0 Å². The SMILES string of the molecule is CC(/C=C/S(C)(=O)=O)NC(=O)c1cnc(C2CCCC2)nc1OC1CCOCC1. The first-order valence-corrected chi connectivity index (χ1v) is 12.1. The molecule has 3 rings (SSSR count). The number of carbonyl (C=O) groups is 1. The van der Waals surface area contributed by atoms with Crippen LogP contribution in [0.3, 0.4) is 0 Å². The smallest absolute Gasteiger partial charge is 0.258 e. The van der Waals surface area contributed by atoms with Gasteiger partial charge in [0.15, 0.2) is 9.84 Å². The van der Waals surface area contributed by atoms with Crippen LogP contribution in [-0.2, 0) is 14.6 Å². The molecule has 1 saturated carbocycles. The topological polar surface area (TPSA) is 107 Å². The number of amides is 1. The molecule has 1 aliphatic heterocycles. The Hall–Kier alpha value is -2.00. The van der Waals surface area contributed by atoms with Gasteiger partial charge >= 0.3 is 0 Å². The third kappa shape index (κ3) is 6.50. The fourth-order valence-corrected chi connectivity index (χ4v) is 4.07. The molecule has 29 heavy (non-hydrogen) atoms. The zero-order valence-electron chi connectivity index (χ0n) is 17.0. The molecular weight excluding hydrogens is 394 g/mol. The highest BCUT2D eigenvalue weighted by atomic mass is 32.2. The Morgan fingerprint density at radius 2 is 1.97 bits per heavy atom. The summed E-state index contributed by atoms with van der Waals surface area (Å²) in [5.41, 5.74) is 0.262. The van der Waals surface area contributed by atoms with Gasteiger partial charge in [-0.05, 0) is 19.8 Å². The van der Waals surface area contributed by atoms with Crippen LogP contribution < -0.4 is 10.1 Å². The van der Waals surface area contributed by atoms with Crippen molar-refractivity contribution in [2.75, 3.05) is 19.5 Å². The molecular formula is C20H29N3O5S. The summed E-state index contributed by atoms with van der Waals surface area (Å²) in [5, 5.41) is 3.84. The van der Waals surface area contributed by atoms with Crippen LogP contribution in [0.15, 0.2) is 17.7 Å². The average molecular weight is 424 g/mol. The minimum Gasteiger partial charge on any atom is -0.474 e. The molecule has 1 unspecified atom stereocenters. The molecule has 1 saturated heterocycles. The third-order valence-corrected chi connectivity index (χ3v) is 5.81. The molecule has 1 amide bonds. The molecule has 2 heterocycles. The minimum absolute atomic E-state index is 0.0517. The summed E-state index contributed by atoms with van der Waals surface area (Å²) in [6.07, 6.45) is 9.93. The number of ether oxygens (including phenoxy) is 2. The van der Waals surface area contributed by atoms with Gasteiger partial charge in [-0.25, -0.2) is 13.4 Å². The summed E-state index contributed by atoms with van der Waals surface area (Å²) in [6.45, 7) is 2.95. The van der Waals surface area contributed by atoms with Crippen molar-refractivity contribution in [2.24, 2.45) is 0 Å². The first-order chi connectivity index (χ1) is 13.8. The van der Waals surface area contributed by atoms with Crippen molar-refractivity contribution in [3.8, 4) is 5.88 Å². The summed E-state index contributed by atoms with van der Waals surface area (Å²) in [5.74, 6) is 0.938. The lowest BCUT2D eigenvalue weighted by Crippen LogP contribution is -2.33. The second-order valence-electron chi connectivity index (χ2n) is 7.78. The van der Waals surface area contributed by atoms with Crippen molar-refractivity contribution in [1.82, 2.24) is 15.3 Å². The molecule has 0 radical (unpaired) electrons. The van der Waals surface area contributed by atoms with Crippen LogP contribution in [0.2, 0.25) is 0 Å². The van der Waals surface area contributed by atoms with Gasteiger partial charge in [0.25, 0.3) is 5.91 Å². The second-order valence-corrected chi connectivity index (χ2v) is 9.71. The summed E-state index contributed by atoms with van der Waals surface area (Å²) >= 11 is 0. The summed E-state index contributed by atoms with van der Waals surface area (Å²) in [6, 6.07) is -0.470. The van der Waals surface area contributed by atoms with Crippen molar-refractivity contribution < 1.29 is 22.7 Å². The van der Waals surface area contributed by atoms with Gasteiger partial charge in [0.2, 0.25) is 5.88 Å². The summed E-state index contributed by atoms with van der Waals surface area (Å²) in [4.78, 5) is 21.8. The van der Waals surface area contributed by atoms with Gasteiger partial charge in [0.1, 0.15) is 17.5 Å². The Morgan fingerprint density at radius 1 is 1.28 bits per heavy atom. The number of hydrogen-bond donors (Lipinski definition) is 1. The van der Waals surface area contributed by atoms with Gasteiger partial charge in [-0.2, -0.15) is 4.98 Å². The third-order valence-electron chi connectivity index (χ3n) is 5.16. The Labute approximate surface area is 172 Å². The van der Waals surface area contributed by atoms with Crippen LogP contribution in [0, 0.1) is 0 Å². The maximum Gasteiger partial charge on any atom is 0.258 e. The van der Waals surface area contributed by atoms with Crippen molar-refractivity contribution in [3.05, 3.63) is 29.1 Å². The first kappa shape index (κ1) is 21.7. The number of sulfone groups is 1. The van der Waals surface area contributed by atoms with Gasteiger partial charge in [0, 0.05) is 42.7 Å². The number of rotatable bonds is 7. The van der Waals surface area contributed by atoms with Gasteiger partial charge in [-0.15, -0.1) is 0 Å². The quantitative estimate of drug-likeness (QED) is 0.717. The molecule has 1 N–H and O–H groups in total. The molecule has 1 aromatic rings. The Morgan fingerprint density at radius 3 is 2.62 bits per heavy atom. The van der Waals surface area contributed by atoms with Gasteiger partial charge in [0.05, 0.1) is 13.2 Å². The fourth-order valence-electron chi connectivity index (χ4n) is 3.55. The zero-order valence-corrected chi connectivity index (χ0v) is 17.8. The highest BCUT2D eigenvalue weighted by Gasteiger charge is 2.26. The van der Waals surface area contributed by atoms with E-state index in [2.05, 4.69) is 15.3 Å². The largest absolute Gasteiger partial charge is 0.474 e.